The fraction of sp³-hybridized carbons (Fsp3) is 0.500. The second-order valence-electron chi connectivity index (χ2n) is 1.81. The molecule has 0 fully saturated rings. The fourth-order valence-electron chi connectivity index (χ4n) is 0.676. The molecule has 9 heavy (non-hydrogen) atoms. The van der Waals surface area contributed by atoms with E-state index < -0.39 is 0 Å². The van der Waals surface area contributed by atoms with Crippen molar-refractivity contribution in [3.63, 3.8) is 0 Å². The predicted octanol–water partition coefficient (Wildman–Crippen LogP) is 1.29. The number of hydrogen-bond donors (Lipinski definition) is 0. The van der Waals surface area contributed by atoms with Gasteiger partial charge in [-0.3, -0.25) is 0 Å². The summed E-state index contributed by atoms with van der Waals surface area (Å²) in [6.45, 7) is 0. The Labute approximate surface area is 67.4 Å². The highest BCUT2D eigenvalue weighted by Crippen LogP contribution is 2.09. The van der Waals surface area contributed by atoms with Crippen LogP contribution in [-0.4, -0.2) is 16.5 Å². The molecule has 1 rings (SSSR count). The van der Waals surface area contributed by atoms with Gasteiger partial charge in [-0.1, -0.05) is 22.6 Å². The summed E-state index contributed by atoms with van der Waals surface area (Å²) in [5.74, 6) is -0.204. The number of alkyl halides is 1. The van der Waals surface area contributed by atoms with E-state index in [0.717, 1.165) is 10.8 Å². The number of cyclic esters (lactones) is 1. The van der Waals surface area contributed by atoms with Gasteiger partial charge in [0.2, 0.25) is 0 Å². The first kappa shape index (κ1) is 7.05. The SMILES string of the molecule is O=C1C=CC(CCI)O1. The van der Waals surface area contributed by atoms with Crippen LogP contribution in [0.1, 0.15) is 6.42 Å². The molecule has 1 aliphatic heterocycles. The average Bonchev–Trinajstić information content (AvgIpc) is 2.17. The quantitative estimate of drug-likeness (QED) is 0.411. The number of ether oxygens (including phenoxy) is 1. The summed E-state index contributed by atoms with van der Waals surface area (Å²) in [4.78, 5) is 10.4. The molecule has 0 aromatic carbocycles. The zero-order chi connectivity index (χ0) is 6.69. The summed E-state index contributed by atoms with van der Waals surface area (Å²) in [6.07, 6.45) is 4.27. The molecule has 3 heteroatoms. The lowest BCUT2D eigenvalue weighted by Crippen LogP contribution is -2.07. The molecule has 1 aliphatic rings. The van der Waals surface area contributed by atoms with E-state index in [0.29, 0.717) is 0 Å². The Morgan fingerprint density at radius 1 is 1.78 bits per heavy atom. The summed E-state index contributed by atoms with van der Waals surface area (Å²) in [5, 5.41) is 0. The van der Waals surface area contributed by atoms with Crippen LogP contribution in [0.5, 0.6) is 0 Å². The Kier molecular flexibility index (Phi) is 2.50. The van der Waals surface area contributed by atoms with E-state index in [1.807, 2.05) is 0 Å². The van der Waals surface area contributed by atoms with Crippen molar-refractivity contribution in [2.45, 2.75) is 12.5 Å². The Hall–Kier alpha value is -0.0600. The van der Waals surface area contributed by atoms with Gasteiger partial charge in [-0.05, 0) is 12.5 Å². The minimum atomic E-state index is -0.204. The highest BCUT2D eigenvalue weighted by atomic mass is 127. The van der Waals surface area contributed by atoms with Gasteiger partial charge in [0.25, 0.3) is 0 Å². The van der Waals surface area contributed by atoms with Crippen molar-refractivity contribution < 1.29 is 9.53 Å². The van der Waals surface area contributed by atoms with Gasteiger partial charge in [0, 0.05) is 10.5 Å². The molecule has 0 aliphatic carbocycles. The van der Waals surface area contributed by atoms with Crippen LogP contribution in [0.15, 0.2) is 12.2 Å². The zero-order valence-corrected chi connectivity index (χ0v) is 7.00. The summed E-state index contributed by atoms with van der Waals surface area (Å²) in [6, 6.07) is 0. The average molecular weight is 238 g/mol. The Bertz CT molecular complexity index is 142. The largest absolute Gasteiger partial charge is 0.455 e. The summed E-state index contributed by atoms with van der Waals surface area (Å²) in [5.41, 5.74) is 0. The van der Waals surface area contributed by atoms with E-state index in [1.54, 1.807) is 6.08 Å². The van der Waals surface area contributed by atoms with E-state index in [2.05, 4.69) is 22.6 Å². The van der Waals surface area contributed by atoms with Gasteiger partial charge in [-0.2, -0.15) is 0 Å². The van der Waals surface area contributed by atoms with Gasteiger partial charge in [0.05, 0.1) is 0 Å². The van der Waals surface area contributed by atoms with Crippen LogP contribution in [-0.2, 0) is 9.53 Å². The number of halogens is 1. The number of carbonyl (C=O) groups excluding carboxylic acids is 1. The van der Waals surface area contributed by atoms with Crippen LogP contribution in [0.2, 0.25) is 0 Å². The maximum atomic E-state index is 10.4. The second-order valence-corrected chi connectivity index (χ2v) is 2.89. The van der Waals surface area contributed by atoms with Crippen molar-refractivity contribution in [3.05, 3.63) is 12.2 Å². The first-order chi connectivity index (χ1) is 4.33. The smallest absolute Gasteiger partial charge is 0.331 e. The number of rotatable bonds is 2. The first-order valence-electron chi connectivity index (χ1n) is 2.77. The lowest BCUT2D eigenvalue weighted by Gasteiger charge is -2.03. The highest BCUT2D eigenvalue weighted by Gasteiger charge is 2.14. The van der Waals surface area contributed by atoms with E-state index >= 15 is 0 Å². The summed E-state index contributed by atoms with van der Waals surface area (Å²) >= 11 is 2.26. The maximum Gasteiger partial charge on any atom is 0.331 e. The zero-order valence-electron chi connectivity index (χ0n) is 4.84. The predicted molar refractivity (Wildman–Crippen MR) is 42.5 cm³/mol. The monoisotopic (exact) mass is 238 g/mol. The van der Waals surface area contributed by atoms with Crippen LogP contribution in [0, 0.1) is 0 Å². The first-order valence-corrected chi connectivity index (χ1v) is 4.30. The number of esters is 1. The molecule has 0 amide bonds. The minimum Gasteiger partial charge on any atom is -0.455 e. The third-order valence-electron chi connectivity index (χ3n) is 1.11. The lowest BCUT2D eigenvalue weighted by molar-refractivity contribution is -0.138. The van der Waals surface area contributed by atoms with Gasteiger partial charge < -0.3 is 4.74 Å². The standard InChI is InChI=1S/C6H7IO2/c7-4-3-5-1-2-6(8)9-5/h1-2,5H,3-4H2. The van der Waals surface area contributed by atoms with Gasteiger partial charge >= 0.3 is 5.97 Å². The molecule has 0 aromatic heterocycles. The van der Waals surface area contributed by atoms with E-state index in [-0.39, 0.29) is 12.1 Å². The van der Waals surface area contributed by atoms with E-state index in [4.69, 9.17) is 4.74 Å². The summed E-state index contributed by atoms with van der Waals surface area (Å²) in [7, 11) is 0. The Balaban J connectivity index is 2.32. The molecule has 50 valence electrons. The molecule has 2 nitrogen and oxygen atoms in total. The van der Waals surface area contributed by atoms with Crippen LogP contribution in [0.25, 0.3) is 0 Å². The van der Waals surface area contributed by atoms with Crippen LogP contribution in [0.3, 0.4) is 0 Å². The maximum absolute atomic E-state index is 10.4. The molecule has 1 heterocycles. The van der Waals surface area contributed by atoms with Crippen molar-refractivity contribution in [2.75, 3.05) is 4.43 Å². The van der Waals surface area contributed by atoms with Crippen molar-refractivity contribution >= 4 is 28.6 Å². The Morgan fingerprint density at radius 2 is 2.56 bits per heavy atom. The van der Waals surface area contributed by atoms with Crippen molar-refractivity contribution in [1.82, 2.24) is 0 Å². The van der Waals surface area contributed by atoms with Gasteiger partial charge in [0.15, 0.2) is 0 Å². The summed E-state index contributed by atoms with van der Waals surface area (Å²) < 4.78 is 5.87. The lowest BCUT2D eigenvalue weighted by atomic mass is 10.3. The molecule has 0 saturated carbocycles. The molecule has 0 bridgehead atoms. The van der Waals surface area contributed by atoms with E-state index in [9.17, 15) is 4.79 Å². The third-order valence-corrected chi connectivity index (χ3v) is 1.73. The van der Waals surface area contributed by atoms with Crippen molar-refractivity contribution in [2.24, 2.45) is 0 Å². The normalized spacial score (nSPS) is 24.6. The second kappa shape index (κ2) is 3.20. The van der Waals surface area contributed by atoms with Crippen LogP contribution in [0.4, 0.5) is 0 Å². The number of carbonyl (C=O) groups is 1. The third kappa shape index (κ3) is 1.97. The molecule has 0 aromatic rings. The molecule has 1 unspecified atom stereocenters. The van der Waals surface area contributed by atoms with Gasteiger partial charge in [0.1, 0.15) is 6.10 Å². The topological polar surface area (TPSA) is 26.3 Å². The molecule has 1 atom stereocenters. The molecule has 0 spiro atoms. The Morgan fingerprint density at radius 3 is 3.00 bits per heavy atom. The minimum absolute atomic E-state index is 0.0504. The molecule has 0 N–H and O–H groups in total. The molecular formula is C6H7IO2. The molecule has 0 radical (unpaired) electrons. The van der Waals surface area contributed by atoms with E-state index in [1.165, 1.54) is 6.08 Å². The van der Waals surface area contributed by atoms with Gasteiger partial charge in [-0.15, -0.1) is 0 Å². The van der Waals surface area contributed by atoms with Crippen LogP contribution >= 0.6 is 22.6 Å². The number of hydrogen-bond acceptors (Lipinski definition) is 2. The highest BCUT2D eigenvalue weighted by molar-refractivity contribution is 14.1. The fourth-order valence-corrected chi connectivity index (χ4v) is 1.29. The van der Waals surface area contributed by atoms with Gasteiger partial charge in [-0.25, -0.2) is 4.79 Å². The van der Waals surface area contributed by atoms with Crippen LogP contribution < -0.4 is 0 Å². The van der Waals surface area contributed by atoms with Crippen molar-refractivity contribution in [1.29, 1.82) is 0 Å². The van der Waals surface area contributed by atoms with Crippen molar-refractivity contribution in [3.8, 4) is 0 Å². The molecular weight excluding hydrogens is 231 g/mol. The molecule has 0 saturated heterocycles.